The topological polar surface area (TPSA) is 242 Å². The summed E-state index contributed by atoms with van der Waals surface area (Å²) in [4.78, 5) is 51.5. The fourth-order valence-corrected chi connectivity index (χ4v) is 6.52. The maximum absolute atomic E-state index is 12.8. The average molecular weight is 568 g/mol. The van der Waals surface area contributed by atoms with E-state index in [0.717, 1.165) is 6.21 Å². The lowest BCUT2D eigenvalue weighted by molar-refractivity contribution is -0.698. The zero-order valence-electron chi connectivity index (χ0n) is 19.3. The predicted molar refractivity (Wildman–Crippen MR) is 139 cm³/mol. The third-order valence-electron chi connectivity index (χ3n) is 5.37. The summed E-state index contributed by atoms with van der Waals surface area (Å²) in [7, 11) is 1.66. The fourth-order valence-electron chi connectivity index (χ4n) is 3.50. The monoisotopic (exact) mass is 567 g/mol. The molecule has 2 atom stereocenters. The standard InChI is InChI=1S/C19H22N10O5S3/c1-28-14(22)10(20)13(21)27-19(28)37-5-7-4-35-16-11(15(31)29(16)12(7)17(32)33)26-9(30)2-24-34-3-8-6-36-18(23)25-8/h2,6,11,16H,3-5H2,1H3,(H9,20,21,22,23,24,25,26,30,32,33)/p+1. The Morgan fingerprint density at radius 3 is 2.81 bits per heavy atom. The van der Waals surface area contributed by atoms with Crippen molar-refractivity contribution in [1.82, 2.24) is 20.2 Å². The van der Waals surface area contributed by atoms with Crippen LogP contribution in [0.15, 0.2) is 27.0 Å². The second-order valence-electron chi connectivity index (χ2n) is 7.76. The minimum absolute atomic E-state index is 0.0305. The van der Waals surface area contributed by atoms with Crippen molar-refractivity contribution in [3.05, 3.63) is 22.3 Å². The number of fused-ring (bicyclic) bond motifs is 1. The van der Waals surface area contributed by atoms with Gasteiger partial charge in [0.25, 0.3) is 11.8 Å². The summed E-state index contributed by atoms with van der Waals surface area (Å²) in [6, 6.07) is -0.901. The highest BCUT2D eigenvalue weighted by Crippen LogP contribution is 2.41. The summed E-state index contributed by atoms with van der Waals surface area (Å²) in [5, 5.41) is 17.9. The van der Waals surface area contributed by atoms with Crippen molar-refractivity contribution >= 4 is 81.3 Å². The number of hydrogen-bond acceptors (Lipinski definition) is 14. The van der Waals surface area contributed by atoms with Crippen LogP contribution in [0.1, 0.15) is 5.69 Å². The van der Waals surface area contributed by atoms with Gasteiger partial charge < -0.3 is 38.2 Å². The fraction of sp³-hybridized carbons (Fsp3) is 0.316. The van der Waals surface area contributed by atoms with Crippen molar-refractivity contribution in [1.29, 1.82) is 0 Å². The second kappa shape index (κ2) is 10.7. The molecule has 2 unspecified atom stereocenters. The Morgan fingerprint density at radius 1 is 1.38 bits per heavy atom. The van der Waals surface area contributed by atoms with Crippen molar-refractivity contribution in [3.63, 3.8) is 0 Å². The van der Waals surface area contributed by atoms with Gasteiger partial charge in [0.2, 0.25) is 11.6 Å². The van der Waals surface area contributed by atoms with Gasteiger partial charge in [0.05, 0.1) is 12.7 Å². The number of thioether (sulfide) groups is 2. The number of carboxylic acid groups (broad SMARTS) is 1. The van der Waals surface area contributed by atoms with Crippen LogP contribution >= 0.6 is 34.9 Å². The highest BCUT2D eigenvalue weighted by molar-refractivity contribution is 8.01. The van der Waals surface area contributed by atoms with Crippen LogP contribution in [0.5, 0.6) is 0 Å². The minimum atomic E-state index is -1.25. The van der Waals surface area contributed by atoms with Crippen molar-refractivity contribution < 1.29 is 28.9 Å². The smallest absolute Gasteiger partial charge is 0.352 e. The Labute approximate surface area is 222 Å². The van der Waals surface area contributed by atoms with Gasteiger partial charge >= 0.3 is 11.1 Å². The van der Waals surface area contributed by atoms with Gasteiger partial charge in [-0.15, -0.1) is 23.1 Å². The van der Waals surface area contributed by atoms with Gasteiger partial charge in [-0.1, -0.05) is 10.1 Å². The number of aromatic nitrogens is 3. The molecule has 0 saturated carbocycles. The molecule has 0 aromatic carbocycles. The molecule has 37 heavy (non-hydrogen) atoms. The largest absolute Gasteiger partial charge is 0.477 e. The van der Waals surface area contributed by atoms with Crippen molar-refractivity contribution in [2.75, 3.05) is 34.4 Å². The number of rotatable bonds is 9. The Hall–Kier alpha value is -3.77. The number of nitrogens with zero attached hydrogens (tertiary/aromatic N) is 5. The quantitative estimate of drug-likeness (QED) is 0.0517. The number of nitrogen functional groups attached to an aromatic ring is 4. The average Bonchev–Trinajstić information content (AvgIpc) is 3.29. The molecular weight excluding hydrogens is 544 g/mol. The number of hydrogen-bond donors (Lipinski definition) is 6. The molecule has 2 aromatic rings. The normalized spacial score (nSPS) is 19.1. The highest BCUT2D eigenvalue weighted by atomic mass is 32.2. The molecule has 2 aromatic heterocycles. The molecule has 4 rings (SSSR count). The number of nitrogens with two attached hydrogens (primary N) is 4. The van der Waals surface area contributed by atoms with Crippen LogP contribution in [0.3, 0.4) is 0 Å². The van der Waals surface area contributed by atoms with Gasteiger partial charge in [-0.3, -0.25) is 14.5 Å². The third kappa shape index (κ3) is 5.35. The number of anilines is 4. The molecule has 0 spiro atoms. The number of carbonyl (C=O) groups excluding carboxylic acids is 2. The highest BCUT2D eigenvalue weighted by Gasteiger charge is 2.54. The third-order valence-corrected chi connectivity index (χ3v) is 8.54. The van der Waals surface area contributed by atoms with Gasteiger partial charge in [-0.2, -0.15) is 0 Å². The van der Waals surface area contributed by atoms with Crippen molar-refractivity contribution in [3.8, 4) is 0 Å². The van der Waals surface area contributed by atoms with Crippen molar-refractivity contribution in [2.24, 2.45) is 12.2 Å². The first-order valence-electron chi connectivity index (χ1n) is 10.5. The number of carboxylic acids is 1. The lowest BCUT2D eigenvalue weighted by Gasteiger charge is -2.49. The zero-order chi connectivity index (χ0) is 26.9. The van der Waals surface area contributed by atoms with Crippen LogP contribution in [-0.4, -0.2) is 66.9 Å². The predicted octanol–water partition coefficient (Wildman–Crippen LogP) is -1.28. The number of aliphatic carboxylic acids is 1. The molecule has 2 aliphatic rings. The first-order valence-corrected chi connectivity index (χ1v) is 13.4. The summed E-state index contributed by atoms with van der Waals surface area (Å²) < 4.78 is 1.55. The second-order valence-corrected chi connectivity index (χ2v) is 10.7. The number of nitrogens with one attached hydrogen (secondary N) is 1. The summed E-state index contributed by atoms with van der Waals surface area (Å²) in [6.45, 7) is 0.0305. The molecule has 18 heteroatoms. The van der Waals surface area contributed by atoms with E-state index < -0.39 is 29.2 Å². The molecule has 0 bridgehead atoms. The van der Waals surface area contributed by atoms with Crippen LogP contribution in [0, 0.1) is 0 Å². The summed E-state index contributed by atoms with van der Waals surface area (Å²) in [6.07, 6.45) is 0.895. The van der Waals surface area contributed by atoms with E-state index in [1.165, 1.54) is 39.8 Å². The molecule has 2 aliphatic heterocycles. The van der Waals surface area contributed by atoms with Crippen LogP contribution in [0.4, 0.5) is 22.5 Å². The Kier molecular flexibility index (Phi) is 7.60. The number of thiazole rings is 1. The van der Waals surface area contributed by atoms with Crippen molar-refractivity contribution in [2.45, 2.75) is 23.2 Å². The summed E-state index contributed by atoms with van der Waals surface area (Å²) in [5.41, 5.74) is 24.2. The van der Waals surface area contributed by atoms with E-state index in [0.29, 0.717) is 27.3 Å². The number of amides is 2. The Bertz CT molecular complexity index is 1330. The molecule has 15 nitrogen and oxygen atoms in total. The summed E-state index contributed by atoms with van der Waals surface area (Å²) in [5.74, 6) is -1.59. The lowest BCUT2D eigenvalue weighted by atomic mass is 10.0. The van der Waals surface area contributed by atoms with E-state index in [1.54, 1.807) is 17.0 Å². The molecular formula is C19H23N10O5S3+. The Balaban J connectivity index is 1.38. The van der Waals surface area contributed by atoms with E-state index in [4.69, 9.17) is 27.8 Å². The maximum Gasteiger partial charge on any atom is 0.352 e. The molecule has 4 heterocycles. The maximum atomic E-state index is 12.8. The van der Waals surface area contributed by atoms with Crippen LogP contribution in [0.25, 0.3) is 0 Å². The zero-order valence-corrected chi connectivity index (χ0v) is 21.7. The minimum Gasteiger partial charge on any atom is -0.477 e. The summed E-state index contributed by atoms with van der Waals surface area (Å²) >= 11 is 3.80. The molecule has 10 N–H and O–H groups in total. The van der Waals surface area contributed by atoms with Gasteiger partial charge in [0, 0.05) is 16.9 Å². The SMILES string of the molecule is C[n+]1c(SCC2=C(C(=O)O)N3C(=O)C(NC(=O)/C=N\OCc4csc(N)n4)C3SC2)nc(N)c(N)c1N. The van der Waals surface area contributed by atoms with Gasteiger partial charge in [-0.05, 0) is 17.3 Å². The molecule has 1 fully saturated rings. The van der Waals surface area contributed by atoms with E-state index in [1.807, 2.05) is 0 Å². The van der Waals surface area contributed by atoms with Crippen LogP contribution in [0.2, 0.25) is 0 Å². The van der Waals surface area contributed by atoms with Gasteiger partial charge in [0.1, 0.15) is 23.3 Å². The van der Waals surface area contributed by atoms with Crippen LogP contribution in [-0.2, 0) is 32.9 Å². The number of β-lactam (4-membered cyclic amide) rings is 1. The first kappa shape index (κ1) is 26.3. The molecule has 196 valence electrons. The van der Waals surface area contributed by atoms with E-state index in [2.05, 4.69) is 20.4 Å². The lowest BCUT2D eigenvalue weighted by Crippen LogP contribution is -2.70. The molecule has 1 saturated heterocycles. The van der Waals surface area contributed by atoms with Crippen LogP contribution < -0.4 is 32.8 Å². The van der Waals surface area contributed by atoms with Gasteiger partial charge in [-0.25, -0.2) is 14.3 Å². The molecule has 0 radical (unpaired) electrons. The van der Waals surface area contributed by atoms with E-state index in [9.17, 15) is 19.5 Å². The molecule has 2 amide bonds. The van der Waals surface area contributed by atoms with E-state index >= 15 is 0 Å². The Morgan fingerprint density at radius 2 is 2.14 bits per heavy atom. The van der Waals surface area contributed by atoms with E-state index in [-0.39, 0.29) is 35.4 Å². The number of carbonyl (C=O) groups is 3. The van der Waals surface area contributed by atoms with Gasteiger partial charge in [0.15, 0.2) is 17.4 Å². The molecule has 0 aliphatic carbocycles. The number of oxime groups is 1. The first-order chi connectivity index (χ1) is 17.6.